The molecule has 0 fully saturated rings. The molecular formula is C13H19N2+. The Hall–Kier alpha value is -1.15. The second kappa shape index (κ2) is 4.58. The smallest absolute Gasteiger partial charge is 0.171 e. The van der Waals surface area contributed by atoms with Crippen molar-refractivity contribution in [2.45, 2.75) is 6.42 Å². The van der Waals surface area contributed by atoms with Gasteiger partial charge in [-0.05, 0) is 25.7 Å². The van der Waals surface area contributed by atoms with Crippen molar-refractivity contribution in [3.63, 3.8) is 0 Å². The fourth-order valence-electron chi connectivity index (χ4n) is 1.92. The van der Waals surface area contributed by atoms with Crippen LogP contribution in [-0.2, 0) is 6.42 Å². The van der Waals surface area contributed by atoms with Crippen LogP contribution in [0.15, 0.2) is 24.3 Å². The molecule has 0 atom stereocenters. The van der Waals surface area contributed by atoms with Crippen LogP contribution >= 0.6 is 0 Å². The van der Waals surface area contributed by atoms with E-state index in [0.29, 0.717) is 0 Å². The molecule has 0 saturated carbocycles. The molecule has 80 valence electrons. The number of hydrogen-bond acceptors (Lipinski definition) is 1. The molecular weight excluding hydrogens is 184 g/mol. The van der Waals surface area contributed by atoms with Gasteiger partial charge in [-0.25, -0.2) is 4.58 Å². The Morgan fingerprint density at radius 2 is 2.07 bits per heavy atom. The van der Waals surface area contributed by atoms with E-state index >= 15 is 0 Å². The van der Waals surface area contributed by atoms with E-state index in [4.69, 9.17) is 0 Å². The lowest BCUT2D eigenvalue weighted by Crippen LogP contribution is -2.29. The Labute approximate surface area is 91.8 Å². The van der Waals surface area contributed by atoms with Gasteiger partial charge in [-0.3, -0.25) is 0 Å². The molecule has 0 N–H and O–H groups in total. The maximum atomic E-state index is 2.42. The molecule has 15 heavy (non-hydrogen) atoms. The Kier molecular flexibility index (Phi) is 3.17. The van der Waals surface area contributed by atoms with Gasteiger partial charge in [0.1, 0.15) is 6.54 Å². The Morgan fingerprint density at radius 3 is 2.87 bits per heavy atom. The normalized spacial score (nSPS) is 15.0. The predicted octanol–water partition coefficient (Wildman–Crippen LogP) is 1.24. The van der Waals surface area contributed by atoms with Crippen molar-refractivity contribution in [3.8, 4) is 0 Å². The summed E-state index contributed by atoms with van der Waals surface area (Å²) in [5.41, 5.74) is 2.88. The molecule has 1 aliphatic rings. The van der Waals surface area contributed by atoms with Crippen molar-refractivity contribution in [3.05, 3.63) is 35.4 Å². The van der Waals surface area contributed by atoms with E-state index in [0.717, 1.165) is 19.6 Å². The van der Waals surface area contributed by atoms with Gasteiger partial charge in [-0.2, -0.15) is 0 Å². The van der Waals surface area contributed by atoms with Crippen LogP contribution in [0.1, 0.15) is 11.1 Å². The van der Waals surface area contributed by atoms with Crippen LogP contribution in [0.2, 0.25) is 0 Å². The van der Waals surface area contributed by atoms with Crippen LogP contribution in [0.3, 0.4) is 0 Å². The summed E-state index contributed by atoms with van der Waals surface area (Å²) < 4.78 is 2.42. The molecule has 2 nitrogen and oxygen atoms in total. The monoisotopic (exact) mass is 203 g/mol. The zero-order valence-electron chi connectivity index (χ0n) is 9.61. The van der Waals surface area contributed by atoms with E-state index in [1.54, 1.807) is 0 Å². The fourth-order valence-corrected chi connectivity index (χ4v) is 1.92. The van der Waals surface area contributed by atoms with Gasteiger partial charge in [-0.15, -0.1) is 0 Å². The Morgan fingerprint density at radius 1 is 1.27 bits per heavy atom. The van der Waals surface area contributed by atoms with E-state index in [9.17, 15) is 0 Å². The highest BCUT2D eigenvalue weighted by Crippen LogP contribution is 2.10. The van der Waals surface area contributed by atoms with Gasteiger partial charge >= 0.3 is 0 Å². The molecule has 0 aromatic heterocycles. The molecule has 0 unspecified atom stereocenters. The molecule has 1 heterocycles. The summed E-state index contributed by atoms with van der Waals surface area (Å²) >= 11 is 0. The summed E-state index contributed by atoms with van der Waals surface area (Å²) in [7, 11) is 4.25. The first-order chi connectivity index (χ1) is 7.25. The average molecular weight is 203 g/mol. The molecule has 0 amide bonds. The average Bonchev–Trinajstić information content (AvgIpc) is 2.26. The van der Waals surface area contributed by atoms with Crippen molar-refractivity contribution in [2.75, 3.05) is 33.7 Å². The molecule has 2 rings (SSSR count). The summed E-state index contributed by atoms with van der Waals surface area (Å²) in [6, 6.07) is 8.68. The first kappa shape index (κ1) is 10.4. The van der Waals surface area contributed by atoms with Crippen LogP contribution in [-0.4, -0.2) is 49.4 Å². The lowest BCUT2D eigenvalue weighted by molar-refractivity contribution is -0.523. The second-order valence-electron chi connectivity index (χ2n) is 4.42. The van der Waals surface area contributed by atoms with Crippen LogP contribution in [0.4, 0.5) is 0 Å². The van der Waals surface area contributed by atoms with E-state index in [-0.39, 0.29) is 0 Å². The highest BCUT2D eigenvalue weighted by molar-refractivity contribution is 5.78. The van der Waals surface area contributed by atoms with E-state index in [2.05, 4.69) is 54.1 Å². The predicted molar refractivity (Wildman–Crippen MR) is 63.9 cm³/mol. The summed E-state index contributed by atoms with van der Waals surface area (Å²) in [5, 5.41) is 0. The number of nitrogens with zero attached hydrogens (tertiary/aromatic N) is 2. The van der Waals surface area contributed by atoms with Crippen LogP contribution in [0.25, 0.3) is 0 Å². The number of benzene rings is 1. The first-order valence-electron chi connectivity index (χ1n) is 5.57. The highest BCUT2D eigenvalue weighted by Gasteiger charge is 2.14. The highest BCUT2D eigenvalue weighted by atomic mass is 15.1. The van der Waals surface area contributed by atoms with Crippen LogP contribution in [0.5, 0.6) is 0 Å². The van der Waals surface area contributed by atoms with Gasteiger partial charge in [0.05, 0.1) is 6.54 Å². The van der Waals surface area contributed by atoms with Crippen molar-refractivity contribution >= 4 is 6.21 Å². The quantitative estimate of drug-likeness (QED) is 0.670. The lowest BCUT2D eigenvalue weighted by atomic mass is 10.0. The first-order valence-corrected chi connectivity index (χ1v) is 5.57. The summed E-state index contributed by atoms with van der Waals surface area (Å²) in [6.07, 6.45) is 3.47. The number of likely N-dealkylation sites (N-methyl/N-ethyl adjacent to an activating group) is 1. The molecule has 0 bridgehead atoms. The van der Waals surface area contributed by atoms with Crippen molar-refractivity contribution in [2.24, 2.45) is 0 Å². The largest absolute Gasteiger partial charge is 0.303 e. The SMILES string of the molecule is CN(C)CC[N+]1=Cc2ccccc2CC1. The zero-order valence-corrected chi connectivity index (χ0v) is 9.61. The minimum absolute atomic E-state index is 1.12. The van der Waals surface area contributed by atoms with Gasteiger partial charge in [0, 0.05) is 12.0 Å². The van der Waals surface area contributed by atoms with Gasteiger partial charge in [-0.1, -0.05) is 18.2 Å². The van der Waals surface area contributed by atoms with E-state index in [1.807, 2.05) is 0 Å². The zero-order chi connectivity index (χ0) is 10.7. The molecule has 0 saturated heterocycles. The molecule has 0 spiro atoms. The number of fused-ring (bicyclic) bond motifs is 1. The Bertz CT molecular complexity index is 367. The van der Waals surface area contributed by atoms with Gasteiger partial charge in [0.2, 0.25) is 0 Å². The third-order valence-electron chi connectivity index (χ3n) is 2.88. The van der Waals surface area contributed by atoms with Crippen molar-refractivity contribution < 1.29 is 4.58 Å². The topological polar surface area (TPSA) is 6.25 Å². The molecule has 1 aromatic carbocycles. The van der Waals surface area contributed by atoms with Gasteiger partial charge in [0.25, 0.3) is 0 Å². The van der Waals surface area contributed by atoms with Gasteiger partial charge < -0.3 is 4.90 Å². The minimum Gasteiger partial charge on any atom is -0.303 e. The van der Waals surface area contributed by atoms with Crippen LogP contribution < -0.4 is 0 Å². The van der Waals surface area contributed by atoms with Gasteiger partial charge in [0.15, 0.2) is 12.8 Å². The summed E-state index contributed by atoms with van der Waals surface area (Å²) in [6.45, 7) is 3.41. The van der Waals surface area contributed by atoms with E-state index in [1.165, 1.54) is 17.5 Å². The fraction of sp³-hybridized carbons (Fsp3) is 0.462. The number of hydrogen-bond donors (Lipinski definition) is 0. The molecule has 2 heteroatoms. The lowest BCUT2D eigenvalue weighted by Gasteiger charge is -2.14. The minimum atomic E-state index is 1.12. The number of rotatable bonds is 3. The molecule has 0 aliphatic carbocycles. The molecule has 0 radical (unpaired) electrons. The Balaban J connectivity index is 2.08. The van der Waals surface area contributed by atoms with Crippen LogP contribution in [0, 0.1) is 0 Å². The third-order valence-corrected chi connectivity index (χ3v) is 2.88. The standard InChI is InChI=1S/C13H19N2/c1-14(2)9-10-15-8-7-12-5-3-4-6-13(12)11-15/h3-6,11H,7-10H2,1-2H3/q+1. The molecule has 1 aliphatic heterocycles. The summed E-state index contributed by atoms with van der Waals surface area (Å²) in [5.74, 6) is 0. The maximum Gasteiger partial charge on any atom is 0.171 e. The summed E-state index contributed by atoms with van der Waals surface area (Å²) in [4.78, 5) is 2.23. The van der Waals surface area contributed by atoms with Crippen molar-refractivity contribution in [1.29, 1.82) is 0 Å². The molecule has 1 aromatic rings. The maximum absolute atomic E-state index is 2.42. The second-order valence-corrected chi connectivity index (χ2v) is 4.42. The third kappa shape index (κ3) is 2.66. The van der Waals surface area contributed by atoms with E-state index < -0.39 is 0 Å². The van der Waals surface area contributed by atoms with Crippen molar-refractivity contribution in [1.82, 2.24) is 4.90 Å².